The average Bonchev–Trinajstić information content (AvgIpc) is 2.15. The summed E-state index contributed by atoms with van der Waals surface area (Å²) in [5.74, 6) is 1.19. The minimum Gasteiger partial charge on any atom is -0.325 e. The van der Waals surface area contributed by atoms with E-state index in [1.807, 2.05) is 6.26 Å². The highest BCUT2D eigenvalue weighted by Gasteiger charge is 2.11. The van der Waals surface area contributed by atoms with Crippen molar-refractivity contribution in [2.45, 2.75) is 11.8 Å². The number of hydrogen-bond donors (Lipinski definition) is 1. The third-order valence-electron chi connectivity index (χ3n) is 1.67. The molecule has 1 rings (SSSR count). The van der Waals surface area contributed by atoms with Gasteiger partial charge in [0.1, 0.15) is 10.7 Å². The maximum absolute atomic E-state index is 11.5. The van der Waals surface area contributed by atoms with Crippen LogP contribution in [0.25, 0.3) is 0 Å². The molecule has 0 aliphatic heterocycles. The van der Waals surface area contributed by atoms with Crippen molar-refractivity contribution in [2.24, 2.45) is 0 Å². The number of rotatable bonds is 3. The summed E-state index contributed by atoms with van der Waals surface area (Å²) in [6.45, 7) is 1.74. The maximum atomic E-state index is 11.5. The van der Waals surface area contributed by atoms with Gasteiger partial charge in [0.2, 0.25) is 0 Å². The minimum atomic E-state index is -0.122. The quantitative estimate of drug-likeness (QED) is 0.623. The number of H-pyrrole nitrogens is 1. The number of hydrogen-bond acceptors (Lipinski definition) is 4. The van der Waals surface area contributed by atoms with E-state index in [1.165, 1.54) is 17.3 Å². The van der Waals surface area contributed by atoms with Gasteiger partial charge in [0.05, 0.1) is 5.49 Å². The monoisotopic (exact) mass is 229 g/mol. The lowest BCUT2D eigenvalue weighted by atomic mass is 10.5. The Kier molecular flexibility index (Phi) is 3.65. The fourth-order valence-corrected chi connectivity index (χ4v) is 1.74. The molecule has 0 atom stereocenters. The number of thioether (sulfide) groups is 1. The predicted octanol–water partition coefficient (Wildman–Crippen LogP) is 1.19. The SMILES string of the molecule is CSc1c(N(C)C=S)nc(C)[nH]c1=O. The van der Waals surface area contributed by atoms with Crippen LogP contribution in [0, 0.1) is 6.92 Å². The fourth-order valence-electron chi connectivity index (χ4n) is 1.03. The Bertz CT molecular complexity index is 402. The molecule has 0 fully saturated rings. The summed E-state index contributed by atoms with van der Waals surface area (Å²) in [6, 6.07) is 0. The van der Waals surface area contributed by atoms with Crippen LogP contribution in [-0.2, 0) is 0 Å². The first kappa shape index (κ1) is 11.2. The molecule has 0 unspecified atom stereocenters. The van der Waals surface area contributed by atoms with Gasteiger partial charge < -0.3 is 9.88 Å². The summed E-state index contributed by atoms with van der Waals surface area (Å²) >= 11 is 6.15. The summed E-state index contributed by atoms with van der Waals surface area (Å²) in [5.41, 5.74) is 1.34. The van der Waals surface area contributed by atoms with Crippen molar-refractivity contribution in [3.63, 3.8) is 0 Å². The van der Waals surface area contributed by atoms with Crippen LogP contribution < -0.4 is 10.5 Å². The summed E-state index contributed by atoms with van der Waals surface area (Å²) in [5, 5.41) is 0. The molecule has 14 heavy (non-hydrogen) atoms. The van der Waals surface area contributed by atoms with Crippen molar-refractivity contribution in [2.75, 3.05) is 18.2 Å². The Morgan fingerprint density at radius 2 is 2.29 bits per heavy atom. The lowest BCUT2D eigenvalue weighted by molar-refractivity contribution is 0.950. The molecule has 0 aliphatic carbocycles. The van der Waals surface area contributed by atoms with Gasteiger partial charge in [0.25, 0.3) is 5.56 Å². The molecular weight excluding hydrogens is 218 g/mol. The van der Waals surface area contributed by atoms with Crippen LogP contribution >= 0.6 is 24.0 Å². The average molecular weight is 229 g/mol. The normalized spacial score (nSPS) is 9.93. The molecule has 1 N–H and O–H groups in total. The summed E-state index contributed by atoms with van der Waals surface area (Å²) in [6.07, 6.45) is 1.84. The minimum absolute atomic E-state index is 0.122. The van der Waals surface area contributed by atoms with E-state index in [0.717, 1.165) is 0 Å². The van der Waals surface area contributed by atoms with E-state index in [0.29, 0.717) is 16.5 Å². The number of aromatic amines is 1. The maximum Gasteiger partial charge on any atom is 0.266 e. The highest BCUT2D eigenvalue weighted by Crippen LogP contribution is 2.20. The third kappa shape index (κ3) is 2.13. The zero-order chi connectivity index (χ0) is 10.7. The van der Waals surface area contributed by atoms with Crippen LogP contribution in [0.3, 0.4) is 0 Å². The molecule has 1 aromatic rings. The topological polar surface area (TPSA) is 49.0 Å². The van der Waals surface area contributed by atoms with Gasteiger partial charge in [-0.05, 0) is 13.2 Å². The Labute approximate surface area is 91.7 Å². The molecule has 0 saturated heterocycles. The van der Waals surface area contributed by atoms with Crippen LogP contribution in [0.15, 0.2) is 9.69 Å². The van der Waals surface area contributed by atoms with Crippen molar-refractivity contribution in [1.82, 2.24) is 9.97 Å². The number of aromatic nitrogens is 2. The van der Waals surface area contributed by atoms with Crippen molar-refractivity contribution >= 4 is 35.3 Å². The van der Waals surface area contributed by atoms with Crippen LogP contribution in [0.1, 0.15) is 5.82 Å². The molecule has 1 heterocycles. The van der Waals surface area contributed by atoms with E-state index >= 15 is 0 Å². The van der Waals surface area contributed by atoms with Crippen LogP contribution in [0.5, 0.6) is 0 Å². The Morgan fingerprint density at radius 1 is 1.64 bits per heavy atom. The highest BCUT2D eigenvalue weighted by atomic mass is 32.2. The number of aryl methyl sites for hydroxylation is 1. The van der Waals surface area contributed by atoms with E-state index in [9.17, 15) is 4.79 Å². The zero-order valence-corrected chi connectivity index (χ0v) is 9.83. The first-order valence-corrected chi connectivity index (χ1v) is 5.62. The summed E-state index contributed by atoms with van der Waals surface area (Å²) in [7, 11) is 1.77. The van der Waals surface area contributed by atoms with Gasteiger partial charge in [-0.25, -0.2) is 4.98 Å². The lowest BCUT2D eigenvalue weighted by Gasteiger charge is -2.14. The van der Waals surface area contributed by atoms with Crippen molar-refractivity contribution in [3.8, 4) is 0 Å². The molecular formula is C8H11N3OS2. The second kappa shape index (κ2) is 4.56. The number of nitrogens with one attached hydrogen (secondary N) is 1. The Balaban J connectivity index is 3.39. The molecule has 0 bridgehead atoms. The molecule has 6 heteroatoms. The van der Waals surface area contributed by atoms with Gasteiger partial charge in [-0.15, -0.1) is 11.8 Å². The van der Waals surface area contributed by atoms with Gasteiger partial charge in [0, 0.05) is 7.05 Å². The number of nitrogens with zero attached hydrogens (tertiary/aromatic N) is 2. The smallest absolute Gasteiger partial charge is 0.266 e. The molecule has 76 valence electrons. The highest BCUT2D eigenvalue weighted by molar-refractivity contribution is 7.98. The van der Waals surface area contributed by atoms with Crippen LogP contribution in [0.2, 0.25) is 0 Å². The van der Waals surface area contributed by atoms with Gasteiger partial charge in [0.15, 0.2) is 5.82 Å². The van der Waals surface area contributed by atoms with E-state index < -0.39 is 0 Å². The van der Waals surface area contributed by atoms with Gasteiger partial charge >= 0.3 is 0 Å². The molecule has 1 aromatic heterocycles. The zero-order valence-electron chi connectivity index (χ0n) is 8.20. The molecule has 0 aromatic carbocycles. The van der Waals surface area contributed by atoms with Crippen LogP contribution in [-0.4, -0.2) is 28.8 Å². The lowest BCUT2D eigenvalue weighted by Crippen LogP contribution is -2.22. The van der Waals surface area contributed by atoms with E-state index in [2.05, 4.69) is 9.97 Å². The molecule has 0 aliphatic rings. The van der Waals surface area contributed by atoms with Gasteiger partial charge in [-0.3, -0.25) is 4.79 Å². The summed E-state index contributed by atoms with van der Waals surface area (Å²) in [4.78, 5) is 20.6. The predicted molar refractivity (Wildman–Crippen MR) is 63.4 cm³/mol. The largest absolute Gasteiger partial charge is 0.325 e. The van der Waals surface area contributed by atoms with Crippen molar-refractivity contribution in [3.05, 3.63) is 16.2 Å². The molecule has 0 amide bonds. The number of thiocarbonyl (C=S) groups is 1. The Morgan fingerprint density at radius 3 is 2.79 bits per heavy atom. The molecule has 0 saturated carbocycles. The first-order valence-electron chi connectivity index (χ1n) is 3.93. The molecule has 4 nitrogen and oxygen atoms in total. The van der Waals surface area contributed by atoms with Gasteiger partial charge in [-0.2, -0.15) is 0 Å². The van der Waals surface area contributed by atoms with Crippen molar-refractivity contribution in [1.29, 1.82) is 0 Å². The summed E-state index contributed by atoms with van der Waals surface area (Å²) < 4.78 is 0. The standard InChI is InChI=1S/C8H11N3OS2/c1-5-9-7(11(2)4-13)6(14-3)8(12)10-5/h4H,1-3H3,(H,9,10,12). The van der Waals surface area contributed by atoms with E-state index in [4.69, 9.17) is 12.2 Å². The fraction of sp³-hybridized carbons (Fsp3) is 0.375. The van der Waals surface area contributed by atoms with E-state index in [-0.39, 0.29) is 5.56 Å². The second-order valence-corrected chi connectivity index (χ2v) is 3.75. The third-order valence-corrected chi connectivity index (χ3v) is 2.77. The Hall–Kier alpha value is -0.880. The number of anilines is 1. The van der Waals surface area contributed by atoms with Crippen molar-refractivity contribution < 1.29 is 0 Å². The van der Waals surface area contributed by atoms with Crippen LogP contribution in [0.4, 0.5) is 5.82 Å². The first-order chi connectivity index (χ1) is 6.60. The molecule has 0 spiro atoms. The van der Waals surface area contributed by atoms with Gasteiger partial charge in [-0.1, -0.05) is 12.2 Å². The second-order valence-electron chi connectivity index (χ2n) is 2.72. The molecule has 0 radical (unpaired) electrons. The van der Waals surface area contributed by atoms with E-state index in [1.54, 1.807) is 18.9 Å².